The maximum absolute atomic E-state index is 14.3. The second-order valence-electron chi connectivity index (χ2n) is 12.4. The van der Waals surface area contributed by atoms with Crippen LogP contribution in [0.15, 0.2) is 118 Å². The summed E-state index contributed by atoms with van der Waals surface area (Å²) in [5.74, 6) is -1.77. The second kappa shape index (κ2) is 15.7. The molecule has 7 rings (SSSR count). The molecule has 4 N–H and O–H groups in total. The standard InChI is InChI=1S/C39H31F2N9O4/c1-22(18-32(42)38-49-47-36(53-38)24-7-6-8-25(19-24)45-34(51)27-9-2-4-11-30(27)40)17-23-13-14-26(46-35(52)28-10-3-5-12-31(28)41)20-29(23)37-48-50-39(54-37)33-21-43-15-16-44-33/h2-16,19-22,32H,17-18,42H2,1H3,(H,45,51)(H,46,52). The summed E-state index contributed by atoms with van der Waals surface area (Å²) >= 11 is 0. The van der Waals surface area contributed by atoms with Crippen molar-refractivity contribution in [2.24, 2.45) is 11.7 Å². The van der Waals surface area contributed by atoms with Crippen LogP contribution in [0.2, 0.25) is 0 Å². The number of anilines is 2. The number of nitrogens with one attached hydrogen (secondary N) is 2. The van der Waals surface area contributed by atoms with Crippen molar-refractivity contribution in [3.63, 3.8) is 0 Å². The fourth-order valence-corrected chi connectivity index (χ4v) is 5.79. The third kappa shape index (κ3) is 8.05. The Labute approximate surface area is 306 Å². The van der Waals surface area contributed by atoms with Gasteiger partial charge in [-0.2, -0.15) is 0 Å². The summed E-state index contributed by atoms with van der Waals surface area (Å²) in [6.07, 6.45) is 5.48. The average Bonchev–Trinajstić information content (AvgIpc) is 3.88. The van der Waals surface area contributed by atoms with Crippen LogP contribution < -0.4 is 16.4 Å². The number of amides is 2. The Morgan fingerprint density at radius 3 is 2.09 bits per heavy atom. The highest BCUT2D eigenvalue weighted by atomic mass is 19.1. The molecule has 0 radical (unpaired) electrons. The van der Waals surface area contributed by atoms with Gasteiger partial charge in [0, 0.05) is 34.9 Å². The maximum atomic E-state index is 14.3. The van der Waals surface area contributed by atoms with E-state index in [-0.39, 0.29) is 40.6 Å². The summed E-state index contributed by atoms with van der Waals surface area (Å²) in [4.78, 5) is 33.8. The second-order valence-corrected chi connectivity index (χ2v) is 12.4. The smallest absolute Gasteiger partial charge is 0.268 e. The van der Waals surface area contributed by atoms with Crippen molar-refractivity contribution >= 4 is 23.2 Å². The van der Waals surface area contributed by atoms with Crippen LogP contribution in [0.3, 0.4) is 0 Å². The SMILES string of the molecule is CC(Cc1ccc(NC(=O)c2ccccc2F)cc1-c1nnc(-c2cnccn2)o1)CC(N)c1nnc(-c2cccc(NC(=O)c3ccccc3F)c2)o1. The lowest BCUT2D eigenvalue weighted by Gasteiger charge is -2.17. The predicted octanol–water partition coefficient (Wildman–Crippen LogP) is 7.30. The highest BCUT2D eigenvalue weighted by Crippen LogP contribution is 2.32. The summed E-state index contributed by atoms with van der Waals surface area (Å²) in [5, 5.41) is 22.2. The quantitative estimate of drug-likeness (QED) is 0.115. The number of nitrogens with two attached hydrogens (primary N) is 1. The van der Waals surface area contributed by atoms with Crippen LogP contribution >= 0.6 is 0 Å². The number of hydrogen-bond donors (Lipinski definition) is 3. The van der Waals surface area contributed by atoms with Crippen LogP contribution in [0.5, 0.6) is 0 Å². The molecule has 2 amide bonds. The van der Waals surface area contributed by atoms with E-state index >= 15 is 0 Å². The van der Waals surface area contributed by atoms with Crippen molar-refractivity contribution in [1.82, 2.24) is 30.4 Å². The Balaban J connectivity index is 1.07. The van der Waals surface area contributed by atoms with Crippen molar-refractivity contribution in [3.8, 4) is 34.5 Å². The number of halogens is 2. The lowest BCUT2D eigenvalue weighted by atomic mass is 9.91. The first kappa shape index (κ1) is 35.4. The van der Waals surface area contributed by atoms with E-state index in [0.717, 1.165) is 5.56 Å². The molecule has 2 atom stereocenters. The van der Waals surface area contributed by atoms with E-state index in [1.54, 1.807) is 48.5 Å². The Morgan fingerprint density at radius 1 is 0.741 bits per heavy atom. The summed E-state index contributed by atoms with van der Waals surface area (Å²) in [5.41, 5.74) is 9.46. The molecule has 0 aliphatic heterocycles. The molecule has 4 aromatic carbocycles. The van der Waals surface area contributed by atoms with Gasteiger partial charge in [-0.1, -0.05) is 43.3 Å². The molecule has 0 spiro atoms. The first-order chi connectivity index (χ1) is 26.2. The lowest BCUT2D eigenvalue weighted by Crippen LogP contribution is -2.16. The van der Waals surface area contributed by atoms with Gasteiger partial charge in [-0.05, 0) is 78.9 Å². The fraction of sp³-hybridized carbons (Fsp3) is 0.128. The number of carbonyl (C=O) groups excluding carboxylic acids is 2. The van der Waals surface area contributed by atoms with Gasteiger partial charge in [0.25, 0.3) is 17.7 Å². The zero-order valence-electron chi connectivity index (χ0n) is 28.6. The molecule has 13 nitrogen and oxygen atoms in total. The topological polar surface area (TPSA) is 188 Å². The Bertz CT molecular complexity index is 2440. The molecule has 0 aliphatic rings. The van der Waals surface area contributed by atoms with Gasteiger partial charge in [0.2, 0.25) is 17.7 Å². The first-order valence-electron chi connectivity index (χ1n) is 16.8. The van der Waals surface area contributed by atoms with Gasteiger partial charge in [-0.15, -0.1) is 20.4 Å². The lowest BCUT2D eigenvalue weighted by molar-refractivity contribution is 0.101. The Kier molecular flexibility index (Phi) is 10.3. The monoisotopic (exact) mass is 727 g/mol. The van der Waals surface area contributed by atoms with Crippen LogP contribution in [0.25, 0.3) is 34.5 Å². The predicted molar refractivity (Wildman–Crippen MR) is 194 cm³/mol. The van der Waals surface area contributed by atoms with Gasteiger partial charge in [-0.3, -0.25) is 14.6 Å². The number of benzene rings is 4. The van der Waals surface area contributed by atoms with Gasteiger partial charge in [0.15, 0.2) is 0 Å². The summed E-state index contributed by atoms with van der Waals surface area (Å²) in [7, 11) is 0. The maximum Gasteiger partial charge on any atom is 0.268 e. The molecule has 7 aromatic rings. The van der Waals surface area contributed by atoms with Gasteiger partial charge >= 0.3 is 0 Å². The summed E-state index contributed by atoms with van der Waals surface area (Å²) in [6, 6.07) is 22.7. The molecule has 0 saturated heterocycles. The Morgan fingerprint density at radius 2 is 1.41 bits per heavy atom. The van der Waals surface area contributed by atoms with Crippen molar-refractivity contribution in [2.75, 3.05) is 10.6 Å². The minimum Gasteiger partial charge on any atom is -0.419 e. The molecular formula is C39H31F2N9O4. The van der Waals surface area contributed by atoms with Crippen LogP contribution in [0.4, 0.5) is 20.2 Å². The fourth-order valence-electron chi connectivity index (χ4n) is 5.79. The first-order valence-corrected chi connectivity index (χ1v) is 16.8. The van der Waals surface area contributed by atoms with Crippen molar-refractivity contribution in [3.05, 3.63) is 144 Å². The van der Waals surface area contributed by atoms with Gasteiger partial charge < -0.3 is 25.2 Å². The molecule has 0 aliphatic carbocycles. The van der Waals surface area contributed by atoms with E-state index in [9.17, 15) is 18.4 Å². The minimum atomic E-state index is -0.644. The summed E-state index contributed by atoms with van der Waals surface area (Å²) in [6.45, 7) is 2.01. The molecule has 0 fully saturated rings. The van der Waals surface area contributed by atoms with Crippen LogP contribution in [0.1, 0.15) is 51.6 Å². The Hall–Kier alpha value is -7.00. The van der Waals surface area contributed by atoms with Gasteiger partial charge in [0.1, 0.15) is 17.3 Å². The number of aromatic nitrogens is 6. The molecule has 54 heavy (non-hydrogen) atoms. The van der Waals surface area contributed by atoms with E-state index < -0.39 is 29.5 Å². The number of rotatable bonds is 12. The van der Waals surface area contributed by atoms with Crippen LogP contribution in [-0.2, 0) is 6.42 Å². The van der Waals surface area contributed by atoms with Crippen molar-refractivity contribution in [1.29, 1.82) is 0 Å². The van der Waals surface area contributed by atoms with Gasteiger partial charge in [-0.25, -0.2) is 13.8 Å². The van der Waals surface area contributed by atoms with Crippen molar-refractivity contribution < 1.29 is 27.2 Å². The highest BCUT2D eigenvalue weighted by Gasteiger charge is 2.23. The molecule has 15 heteroatoms. The minimum absolute atomic E-state index is 0.0349. The molecule has 2 unspecified atom stereocenters. The third-order valence-electron chi connectivity index (χ3n) is 8.39. The largest absolute Gasteiger partial charge is 0.419 e. The zero-order chi connectivity index (χ0) is 37.6. The molecule has 0 saturated carbocycles. The normalized spacial score (nSPS) is 12.2. The number of carbonyl (C=O) groups is 2. The molecule has 3 aromatic heterocycles. The van der Waals surface area contributed by atoms with E-state index in [0.29, 0.717) is 41.0 Å². The van der Waals surface area contributed by atoms with Crippen LogP contribution in [-0.4, -0.2) is 42.2 Å². The van der Waals surface area contributed by atoms with E-state index in [1.807, 2.05) is 13.0 Å². The molecule has 270 valence electrons. The summed E-state index contributed by atoms with van der Waals surface area (Å²) < 4.78 is 40.4. The van der Waals surface area contributed by atoms with E-state index in [1.165, 1.54) is 55.0 Å². The number of hydrogen-bond acceptors (Lipinski definition) is 11. The molecule has 3 heterocycles. The third-order valence-corrected chi connectivity index (χ3v) is 8.39. The average molecular weight is 728 g/mol. The van der Waals surface area contributed by atoms with Crippen LogP contribution in [0, 0.1) is 17.6 Å². The molecule has 0 bridgehead atoms. The van der Waals surface area contributed by atoms with E-state index in [4.69, 9.17) is 14.6 Å². The highest BCUT2D eigenvalue weighted by molar-refractivity contribution is 6.05. The van der Waals surface area contributed by atoms with Gasteiger partial charge in [0.05, 0.1) is 23.4 Å². The van der Waals surface area contributed by atoms with E-state index in [2.05, 4.69) is 41.0 Å². The zero-order valence-corrected chi connectivity index (χ0v) is 28.6. The van der Waals surface area contributed by atoms with Crippen molar-refractivity contribution in [2.45, 2.75) is 25.8 Å². The molecular weight excluding hydrogens is 696 g/mol. The number of nitrogens with zero attached hydrogens (tertiary/aromatic N) is 6.